The molecule has 1 atom stereocenters. The van der Waals surface area contributed by atoms with Gasteiger partial charge in [0.25, 0.3) is 5.56 Å². The highest BCUT2D eigenvalue weighted by Gasteiger charge is 2.26. The molecule has 4 heteroatoms. The zero-order valence-electron chi connectivity index (χ0n) is 11.9. The van der Waals surface area contributed by atoms with Gasteiger partial charge in [-0.1, -0.05) is 26.5 Å². The van der Waals surface area contributed by atoms with E-state index < -0.39 is 0 Å². The molecule has 4 nitrogen and oxygen atoms in total. The van der Waals surface area contributed by atoms with E-state index in [-0.39, 0.29) is 17.5 Å². The molecule has 19 heavy (non-hydrogen) atoms. The minimum absolute atomic E-state index is 0.00602. The lowest BCUT2D eigenvalue weighted by Gasteiger charge is -2.16. The summed E-state index contributed by atoms with van der Waals surface area (Å²) >= 11 is 0. The lowest BCUT2D eigenvalue weighted by molar-refractivity contribution is -0.125. The molecule has 0 saturated carbocycles. The SMILES string of the molecule is C=CC(=O)N1CC[C@H](n2cc(C)ccc2=O)C1.CC. The first-order chi connectivity index (χ1) is 9.11. The number of aromatic nitrogens is 1. The number of nitrogens with zero attached hydrogens (tertiary/aromatic N) is 2. The smallest absolute Gasteiger partial charge is 0.250 e. The van der Waals surface area contributed by atoms with Crippen LogP contribution in [0.3, 0.4) is 0 Å². The summed E-state index contributed by atoms with van der Waals surface area (Å²) < 4.78 is 1.73. The molecule has 1 aliphatic rings. The average Bonchev–Trinajstić information content (AvgIpc) is 2.92. The van der Waals surface area contributed by atoms with Gasteiger partial charge in [-0.3, -0.25) is 9.59 Å². The van der Waals surface area contributed by atoms with Crippen molar-refractivity contribution < 1.29 is 4.79 Å². The third-order valence-electron chi connectivity index (χ3n) is 3.13. The van der Waals surface area contributed by atoms with Gasteiger partial charge in [0.1, 0.15) is 0 Å². The van der Waals surface area contributed by atoms with E-state index >= 15 is 0 Å². The van der Waals surface area contributed by atoms with Crippen LogP contribution in [-0.2, 0) is 4.79 Å². The summed E-state index contributed by atoms with van der Waals surface area (Å²) in [5.74, 6) is -0.0618. The van der Waals surface area contributed by atoms with Crippen LogP contribution in [0.2, 0.25) is 0 Å². The molecule has 1 saturated heterocycles. The normalized spacial score (nSPS) is 17.6. The number of aryl methyl sites for hydroxylation is 1. The Kier molecular flexibility index (Phi) is 5.55. The second kappa shape index (κ2) is 6.92. The molecule has 0 aliphatic carbocycles. The van der Waals surface area contributed by atoms with Crippen molar-refractivity contribution in [2.24, 2.45) is 0 Å². The van der Waals surface area contributed by atoms with Gasteiger partial charge in [-0.15, -0.1) is 0 Å². The summed E-state index contributed by atoms with van der Waals surface area (Å²) in [7, 11) is 0. The number of pyridine rings is 1. The van der Waals surface area contributed by atoms with E-state index in [1.54, 1.807) is 21.6 Å². The first kappa shape index (κ1) is 15.2. The van der Waals surface area contributed by atoms with Crippen LogP contribution in [-0.4, -0.2) is 28.5 Å². The molecular formula is C15H22N2O2. The van der Waals surface area contributed by atoms with Crippen molar-refractivity contribution in [1.29, 1.82) is 0 Å². The standard InChI is InChI=1S/C13H16N2O2.C2H6/c1-3-12(16)14-7-6-11(9-14)15-8-10(2)4-5-13(15)17;1-2/h3-5,8,11H,1,6-7,9H2,2H3;1-2H3/t11-;/m0./s1. The number of rotatable bonds is 2. The summed E-state index contributed by atoms with van der Waals surface area (Å²) in [5, 5.41) is 0. The van der Waals surface area contributed by atoms with Crippen LogP contribution < -0.4 is 5.56 Å². The third kappa shape index (κ3) is 3.56. The Morgan fingerprint density at radius 3 is 2.74 bits per heavy atom. The van der Waals surface area contributed by atoms with Crippen molar-refractivity contribution in [2.75, 3.05) is 13.1 Å². The Bertz CT molecular complexity index is 505. The van der Waals surface area contributed by atoms with Crippen molar-refractivity contribution in [3.05, 3.63) is 46.9 Å². The van der Waals surface area contributed by atoms with Crippen LogP contribution >= 0.6 is 0 Å². The maximum atomic E-state index is 11.7. The van der Waals surface area contributed by atoms with E-state index in [0.717, 1.165) is 12.0 Å². The highest BCUT2D eigenvalue weighted by molar-refractivity contribution is 5.87. The van der Waals surface area contributed by atoms with Crippen molar-refractivity contribution in [1.82, 2.24) is 9.47 Å². The van der Waals surface area contributed by atoms with Gasteiger partial charge in [-0.25, -0.2) is 0 Å². The molecule has 0 aromatic carbocycles. The Balaban J connectivity index is 0.000000861. The summed E-state index contributed by atoms with van der Waals surface area (Å²) in [5.41, 5.74) is 1.05. The van der Waals surface area contributed by atoms with Gasteiger partial charge in [-0.2, -0.15) is 0 Å². The quantitative estimate of drug-likeness (QED) is 0.766. The molecule has 0 unspecified atom stereocenters. The van der Waals surface area contributed by atoms with Gasteiger partial charge in [-0.05, 0) is 25.0 Å². The van der Waals surface area contributed by atoms with E-state index in [9.17, 15) is 9.59 Å². The second-order valence-corrected chi connectivity index (χ2v) is 4.38. The zero-order valence-corrected chi connectivity index (χ0v) is 11.9. The van der Waals surface area contributed by atoms with Crippen molar-refractivity contribution >= 4 is 5.91 Å². The van der Waals surface area contributed by atoms with Gasteiger partial charge in [0.15, 0.2) is 0 Å². The summed E-state index contributed by atoms with van der Waals surface area (Å²) in [4.78, 5) is 24.9. The summed E-state index contributed by atoms with van der Waals surface area (Å²) in [6, 6.07) is 3.47. The average molecular weight is 262 g/mol. The molecule has 0 N–H and O–H groups in total. The Hall–Kier alpha value is -1.84. The molecule has 1 fully saturated rings. The topological polar surface area (TPSA) is 42.3 Å². The molecule has 1 amide bonds. The highest BCUT2D eigenvalue weighted by Crippen LogP contribution is 2.20. The minimum Gasteiger partial charge on any atom is -0.337 e. The van der Waals surface area contributed by atoms with E-state index in [1.165, 1.54) is 6.08 Å². The van der Waals surface area contributed by atoms with Gasteiger partial charge >= 0.3 is 0 Å². The largest absolute Gasteiger partial charge is 0.337 e. The number of carbonyl (C=O) groups is 1. The molecule has 0 bridgehead atoms. The Morgan fingerprint density at radius 1 is 1.42 bits per heavy atom. The Morgan fingerprint density at radius 2 is 2.11 bits per heavy atom. The van der Waals surface area contributed by atoms with E-state index in [4.69, 9.17) is 0 Å². The molecule has 2 rings (SSSR count). The number of carbonyl (C=O) groups excluding carboxylic acids is 1. The molecule has 1 aromatic rings. The maximum absolute atomic E-state index is 11.7. The van der Waals surface area contributed by atoms with Crippen LogP contribution in [0, 0.1) is 6.92 Å². The van der Waals surface area contributed by atoms with Crippen LogP contribution in [0.4, 0.5) is 0 Å². The fourth-order valence-corrected chi connectivity index (χ4v) is 2.20. The summed E-state index contributed by atoms with van der Waals surface area (Å²) in [6.45, 7) is 10.7. The van der Waals surface area contributed by atoms with E-state index in [1.807, 2.05) is 27.0 Å². The van der Waals surface area contributed by atoms with Crippen LogP contribution in [0.15, 0.2) is 35.8 Å². The number of hydrogen-bond acceptors (Lipinski definition) is 2. The van der Waals surface area contributed by atoms with Gasteiger partial charge in [0, 0.05) is 25.4 Å². The van der Waals surface area contributed by atoms with Gasteiger partial charge in [0.05, 0.1) is 6.04 Å². The Labute approximate surface area is 114 Å². The predicted octanol–water partition coefficient (Wildman–Crippen LogP) is 2.14. The van der Waals surface area contributed by atoms with E-state index in [2.05, 4.69) is 6.58 Å². The van der Waals surface area contributed by atoms with Crippen LogP contribution in [0.5, 0.6) is 0 Å². The van der Waals surface area contributed by atoms with Crippen molar-refractivity contribution in [2.45, 2.75) is 33.2 Å². The first-order valence-corrected chi connectivity index (χ1v) is 6.72. The molecular weight excluding hydrogens is 240 g/mol. The van der Waals surface area contributed by atoms with E-state index in [0.29, 0.717) is 13.1 Å². The number of amides is 1. The monoisotopic (exact) mass is 262 g/mol. The predicted molar refractivity (Wildman–Crippen MR) is 77.2 cm³/mol. The fraction of sp³-hybridized carbons (Fsp3) is 0.467. The highest BCUT2D eigenvalue weighted by atomic mass is 16.2. The van der Waals surface area contributed by atoms with Crippen molar-refractivity contribution in [3.8, 4) is 0 Å². The molecule has 2 heterocycles. The van der Waals surface area contributed by atoms with Gasteiger partial charge in [0.2, 0.25) is 5.91 Å². The maximum Gasteiger partial charge on any atom is 0.250 e. The zero-order chi connectivity index (χ0) is 14.4. The lowest BCUT2D eigenvalue weighted by Crippen LogP contribution is -2.29. The summed E-state index contributed by atoms with van der Waals surface area (Å²) in [6.07, 6.45) is 4.00. The molecule has 1 aromatic heterocycles. The molecule has 0 radical (unpaired) electrons. The second-order valence-electron chi connectivity index (χ2n) is 4.38. The minimum atomic E-state index is -0.0618. The van der Waals surface area contributed by atoms with Gasteiger partial charge < -0.3 is 9.47 Å². The molecule has 0 spiro atoms. The first-order valence-electron chi connectivity index (χ1n) is 6.72. The molecule has 1 aliphatic heterocycles. The van der Waals surface area contributed by atoms with Crippen LogP contribution in [0.25, 0.3) is 0 Å². The third-order valence-corrected chi connectivity index (χ3v) is 3.13. The lowest BCUT2D eigenvalue weighted by atomic mass is 10.2. The van der Waals surface area contributed by atoms with Crippen molar-refractivity contribution in [3.63, 3.8) is 0 Å². The number of hydrogen-bond donors (Lipinski definition) is 0. The number of likely N-dealkylation sites (tertiary alicyclic amines) is 1. The fourth-order valence-electron chi connectivity index (χ4n) is 2.20. The molecule has 104 valence electrons. The van der Waals surface area contributed by atoms with Crippen LogP contribution in [0.1, 0.15) is 31.9 Å².